The molecule has 0 unspecified atom stereocenters. The largest absolute Gasteiger partial charge is 0.378 e. The fourth-order valence-electron chi connectivity index (χ4n) is 2.97. The van der Waals surface area contributed by atoms with Crippen LogP contribution in [0.1, 0.15) is 19.3 Å². The Kier molecular flexibility index (Phi) is 4.65. The van der Waals surface area contributed by atoms with Crippen LogP contribution in [0.4, 0.5) is 27.5 Å². The van der Waals surface area contributed by atoms with Crippen LogP contribution in [-0.4, -0.2) is 42.3 Å². The molecule has 2 N–H and O–H groups in total. The number of rotatable bonds is 5. The Labute approximate surface area is 146 Å². The molecule has 2 aliphatic rings. The van der Waals surface area contributed by atoms with E-state index < -0.39 is 5.82 Å². The Balaban J connectivity index is 1.44. The average molecular weight is 343 g/mol. The van der Waals surface area contributed by atoms with Crippen molar-refractivity contribution in [2.75, 3.05) is 41.8 Å². The lowest BCUT2D eigenvalue weighted by Crippen LogP contribution is -2.36. The third-order valence-corrected chi connectivity index (χ3v) is 4.69. The molecule has 6 nitrogen and oxygen atoms in total. The maximum absolute atomic E-state index is 14.0. The van der Waals surface area contributed by atoms with Crippen LogP contribution in [0.25, 0.3) is 0 Å². The summed E-state index contributed by atoms with van der Waals surface area (Å²) in [6.45, 7) is 3.29. The van der Waals surface area contributed by atoms with Crippen molar-refractivity contribution in [3.63, 3.8) is 0 Å². The zero-order chi connectivity index (χ0) is 17.1. The molecule has 0 bridgehead atoms. The monoisotopic (exact) mass is 343 g/mol. The van der Waals surface area contributed by atoms with Crippen molar-refractivity contribution in [2.24, 2.45) is 0 Å². The molecule has 0 radical (unpaired) electrons. The van der Waals surface area contributed by atoms with Gasteiger partial charge in [0.1, 0.15) is 0 Å². The standard InChI is InChI=1S/C18H22FN5O/c19-16-12-20-18(22-13-2-1-3-13)23-17(16)21-14-4-6-15(7-5-14)24-8-10-25-11-9-24/h4-7,12-13H,1-3,8-11H2,(H2,20,21,22,23). The molecule has 132 valence electrons. The predicted molar refractivity (Wildman–Crippen MR) is 96.0 cm³/mol. The van der Waals surface area contributed by atoms with Gasteiger partial charge in [-0.25, -0.2) is 9.37 Å². The van der Waals surface area contributed by atoms with E-state index in [0.29, 0.717) is 12.0 Å². The topological polar surface area (TPSA) is 62.3 Å². The normalized spacial score (nSPS) is 17.9. The maximum Gasteiger partial charge on any atom is 0.225 e. The smallest absolute Gasteiger partial charge is 0.225 e. The summed E-state index contributed by atoms with van der Waals surface area (Å²) in [7, 11) is 0. The van der Waals surface area contributed by atoms with E-state index in [1.54, 1.807) is 0 Å². The van der Waals surface area contributed by atoms with E-state index in [4.69, 9.17) is 4.74 Å². The van der Waals surface area contributed by atoms with Gasteiger partial charge in [0, 0.05) is 30.5 Å². The van der Waals surface area contributed by atoms with Crippen molar-refractivity contribution in [3.05, 3.63) is 36.3 Å². The summed E-state index contributed by atoms with van der Waals surface area (Å²) in [5.41, 5.74) is 1.94. The molecular formula is C18H22FN5O. The van der Waals surface area contributed by atoms with Gasteiger partial charge in [-0.3, -0.25) is 0 Å². The highest BCUT2D eigenvalue weighted by molar-refractivity contribution is 5.61. The zero-order valence-corrected chi connectivity index (χ0v) is 14.0. The van der Waals surface area contributed by atoms with E-state index in [0.717, 1.165) is 50.5 Å². The predicted octanol–water partition coefficient (Wildman–Crippen LogP) is 3.16. The van der Waals surface area contributed by atoms with Crippen LogP contribution in [0, 0.1) is 5.82 Å². The summed E-state index contributed by atoms with van der Waals surface area (Å²) in [6, 6.07) is 8.34. The highest BCUT2D eigenvalue weighted by Gasteiger charge is 2.18. The summed E-state index contributed by atoms with van der Waals surface area (Å²) in [5.74, 6) is 0.200. The fourth-order valence-corrected chi connectivity index (χ4v) is 2.97. The fraction of sp³-hybridized carbons (Fsp3) is 0.444. The molecular weight excluding hydrogens is 321 g/mol. The molecule has 2 fully saturated rings. The van der Waals surface area contributed by atoms with Gasteiger partial charge in [0.15, 0.2) is 11.6 Å². The van der Waals surface area contributed by atoms with Gasteiger partial charge in [-0.1, -0.05) is 0 Å². The van der Waals surface area contributed by atoms with E-state index in [9.17, 15) is 4.39 Å². The number of anilines is 4. The lowest BCUT2D eigenvalue weighted by atomic mass is 9.93. The third kappa shape index (κ3) is 3.82. The molecule has 1 aromatic heterocycles. The van der Waals surface area contributed by atoms with E-state index in [1.165, 1.54) is 12.6 Å². The average Bonchev–Trinajstić information content (AvgIpc) is 2.62. The molecule has 0 atom stereocenters. The Hall–Kier alpha value is -2.41. The first-order chi connectivity index (χ1) is 12.3. The van der Waals surface area contributed by atoms with Gasteiger partial charge >= 0.3 is 0 Å². The maximum atomic E-state index is 14.0. The summed E-state index contributed by atoms with van der Waals surface area (Å²) < 4.78 is 19.4. The van der Waals surface area contributed by atoms with Crippen molar-refractivity contribution in [1.29, 1.82) is 0 Å². The minimum Gasteiger partial charge on any atom is -0.378 e. The van der Waals surface area contributed by atoms with Gasteiger partial charge < -0.3 is 20.3 Å². The van der Waals surface area contributed by atoms with Crippen LogP contribution in [0.2, 0.25) is 0 Å². The number of aromatic nitrogens is 2. The van der Waals surface area contributed by atoms with Crippen LogP contribution < -0.4 is 15.5 Å². The molecule has 1 aliphatic carbocycles. The molecule has 7 heteroatoms. The highest BCUT2D eigenvalue weighted by Crippen LogP contribution is 2.25. The first-order valence-electron chi connectivity index (χ1n) is 8.77. The van der Waals surface area contributed by atoms with E-state index in [2.05, 4.69) is 25.5 Å². The van der Waals surface area contributed by atoms with E-state index in [1.807, 2.05) is 24.3 Å². The molecule has 1 saturated carbocycles. The number of benzene rings is 1. The molecule has 1 aliphatic heterocycles. The molecule has 0 spiro atoms. The number of halogens is 1. The molecule has 4 rings (SSSR count). The summed E-state index contributed by atoms with van der Waals surface area (Å²) in [5, 5.41) is 6.28. The van der Waals surface area contributed by atoms with Crippen molar-refractivity contribution in [1.82, 2.24) is 9.97 Å². The van der Waals surface area contributed by atoms with Crippen LogP contribution >= 0.6 is 0 Å². The second kappa shape index (κ2) is 7.23. The van der Waals surface area contributed by atoms with Crippen molar-refractivity contribution in [3.8, 4) is 0 Å². The Morgan fingerprint density at radius 2 is 1.88 bits per heavy atom. The minimum absolute atomic E-state index is 0.191. The third-order valence-electron chi connectivity index (χ3n) is 4.69. The number of hydrogen-bond acceptors (Lipinski definition) is 6. The van der Waals surface area contributed by atoms with Crippen molar-refractivity contribution < 1.29 is 9.13 Å². The Morgan fingerprint density at radius 3 is 2.56 bits per heavy atom. The number of ether oxygens (including phenoxy) is 1. The molecule has 2 heterocycles. The number of hydrogen-bond donors (Lipinski definition) is 2. The number of morpholine rings is 1. The molecule has 1 aromatic carbocycles. The summed E-state index contributed by atoms with van der Waals surface area (Å²) in [4.78, 5) is 10.6. The highest BCUT2D eigenvalue weighted by atomic mass is 19.1. The molecule has 2 aromatic rings. The van der Waals surface area contributed by atoms with Crippen LogP contribution in [0.5, 0.6) is 0 Å². The van der Waals surface area contributed by atoms with Crippen molar-refractivity contribution >= 4 is 23.1 Å². The first-order valence-corrected chi connectivity index (χ1v) is 8.77. The van der Waals surface area contributed by atoms with Gasteiger partial charge in [-0.2, -0.15) is 4.98 Å². The van der Waals surface area contributed by atoms with Gasteiger partial charge in [0.2, 0.25) is 5.95 Å². The quantitative estimate of drug-likeness (QED) is 0.870. The lowest BCUT2D eigenvalue weighted by Gasteiger charge is -2.29. The van der Waals surface area contributed by atoms with Gasteiger partial charge in [0.05, 0.1) is 19.4 Å². The van der Waals surface area contributed by atoms with Gasteiger partial charge in [-0.15, -0.1) is 0 Å². The zero-order valence-electron chi connectivity index (χ0n) is 14.0. The number of nitrogens with one attached hydrogen (secondary N) is 2. The van der Waals surface area contributed by atoms with E-state index >= 15 is 0 Å². The minimum atomic E-state index is -0.462. The second-order valence-corrected chi connectivity index (χ2v) is 6.43. The summed E-state index contributed by atoms with van der Waals surface area (Å²) >= 11 is 0. The van der Waals surface area contributed by atoms with Gasteiger partial charge in [-0.05, 0) is 43.5 Å². The van der Waals surface area contributed by atoms with Crippen LogP contribution in [-0.2, 0) is 4.74 Å². The Morgan fingerprint density at radius 1 is 1.12 bits per heavy atom. The molecule has 1 saturated heterocycles. The lowest BCUT2D eigenvalue weighted by molar-refractivity contribution is 0.122. The van der Waals surface area contributed by atoms with Gasteiger partial charge in [0.25, 0.3) is 0 Å². The first kappa shape index (κ1) is 16.1. The van der Waals surface area contributed by atoms with Crippen molar-refractivity contribution in [2.45, 2.75) is 25.3 Å². The Bertz CT molecular complexity index is 714. The second-order valence-electron chi connectivity index (χ2n) is 6.43. The van der Waals surface area contributed by atoms with Crippen LogP contribution in [0.15, 0.2) is 30.5 Å². The van der Waals surface area contributed by atoms with Crippen LogP contribution in [0.3, 0.4) is 0 Å². The molecule has 25 heavy (non-hydrogen) atoms. The van der Waals surface area contributed by atoms with E-state index in [-0.39, 0.29) is 5.82 Å². The number of nitrogens with zero attached hydrogens (tertiary/aromatic N) is 3. The molecule has 0 amide bonds. The SMILES string of the molecule is Fc1cnc(NC2CCC2)nc1Nc1ccc(N2CCOCC2)cc1. The summed E-state index contributed by atoms with van der Waals surface area (Å²) in [6.07, 6.45) is 4.66.